The monoisotopic (exact) mass is 141 g/mol. The van der Waals surface area contributed by atoms with Crippen molar-refractivity contribution in [3.05, 3.63) is 0 Å². The molecular weight excluding hydrogens is 130 g/mol. The number of hydrogen-bond donors (Lipinski definition) is 1. The van der Waals surface area contributed by atoms with Crippen LogP contribution in [-0.4, -0.2) is 29.4 Å². The highest BCUT2D eigenvalue weighted by Gasteiger charge is 2.27. The summed E-state index contributed by atoms with van der Waals surface area (Å²) in [5.74, 6) is 0.423. The first-order valence-corrected chi connectivity index (χ1v) is 3.31. The van der Waals surface area contributed by atoms with Gasteiger partial charge in [0.2, 0.25) is 0 Å². The van der Waals surface area contributed by atoms with Crippen molar-refractivity contribution < 1.29 is 4.79 Å². The maximum Gasteiger partial charge on any atom is 0.345 e. The topological polar surface area (TPSA) is 58.7 Å². The fourth-order valence-corrected chi connectivity index (χ4v) is 1.00. The molecule has 1 aliphatic rings. The molecule has 0 aromatic heterocycles. The molecule has 1 unspecified atom stereocenters. The number of amides is 2. The van der Waals surface area contributed by atoms with Crippen LogP contribution in [0.5, 0.6) is 0 Å². The summed E-state index contributed by atoms with van der Waals surface area (Å²) in [6, 6.07) is -0.231. The molecule has 1 heterocycles. The minimum atomic E-state index is -0.215. The minimum Gasteiger partial charge on any atom is -0.385 e. The average molecular weight is 141 g/mol. The van der Waals surface area contributed by atoms with Crippen molar-refractivity contribution in [3.63, 3.8) is 0 Å². The second-order valence-electron chi connectivity index (χ2n) is 2.28. The zero-order valence-electron chi connectivity index (χ0n) is 6.16. The molecule has 0 aliphatic carbocycles. The second kappa shape index (κ2) is 2.28. The highest BCUT2D eigenvalue weighted by molar-refractivity contribution is 6.02. The highest BCUT2D eigenvalue weighted by atomic mass is 16.2. The van der Waals surface area contributed by atoms with Gasteiger partial charge >= 0.3 is 6.03 Å². The van der Waals surface area contributed by atoms with E-state index in [4.69, 9.17) is 5.73 Å². The molecule has 0 saturated heterocycles. The summed E-state index contributed by atoms with van der Waals surface area (Å²) in [5, 5.41) is 0. The van der Waals surface area contributed by atoms with Gasteiger partial charge in [0.1, 0.15) is 5.84 Å². The normalized spacial score (nSPS) is 25.4. The standard InChI is InChI=1S/C6H11N3O/c1-3-9-4(2)5(7)8-6(9)10/h4H,3H2,1-2H3,(H2,7,8,10). The molecule has 0 saturated carbocycles. The maximum atomic E-state index is 10.9. The van der Waals surface area contributed by atoms with Gasteiger partial charge in [0.05, 0.1) is 6.04 Å². The van der Waals surface area contributed by atoms with Crippen LogP contribution < -0.4 is 5.73 Å². The number of nitrogens with two attached hydrogens (primary N) is 1. The summed E-state index contributed by atoms with van der Waals surface area (Å²) in [4.78, 5) is 16.1. The molecular formula is C6H11N3O. The summed E-state index contributed by atoms with van der Waals surface area (Å²) in [7, 11) is 0. The summed E-state index contributed by atoms with van der Waals surface area (Å²) < 4.78 is 0. The molecule has 1 aliphatic heterocycles. The van der Waals surface area contributed by atoms with Gasteiger partial charge in [-0.15, -0.1) is 0 Å². The fourth-order valence-electron chi connectivity index (χ4n) is 1.00. The summed E-state index contributed by atoms with van der Waals surface area (Å²) in [6.07, 6.45) is 0. The van der Waals surface area contributed by atoms with E-state index in [0.717, 1.165) is 0 Å². The zero-order chi connectivity index (χ0) is 7.72. The van der Waals surface area contributed by atoms with Gasteiger partial charge in [-0.25, -0.2) is 4.79 Å². The molecule has 2 N–H and O–H groups in total. The van der Waals surface area contributed by atoms with Crippen molar-refractivity contribution in [2.24, 2.45) is 10.7 Å². The Labute approximate surface area is 59.7 Å². The Morgan fingerprint density at radius 1 is 1.80 bits per heavy atom. The van der Waals surface area contributed by atoms with Crippen LogP contribution in [0, 0.1) is 0 Å². The molecule has 0 aromatic rings. The van der Waals surface area contributed by atoms with Crippen LogP contribution in [-0.2, 0) is 0 Å². The van der Waals surface area contributed by atoms with Gasteiger partial charge in [-0.1, -0.05) is 0 Å². The van der Waals surface area contributed by atoms with Crippen molar-refractivity contribution in [1.82, 2.24) is 4.90 Å². The molecule has 0 aromatic carbocycles. The molecule has 1 atom stereocenters. The first kappa shape index (κ1) is 7.05. The Balaban J connectivity index is 2.76. The van der Waals surface area contributed by atoms with Crippen molar-refractivity contribution in [2.75, 3.05) is 6.54 Å². The lowest BCUT2D eigenvalue weighted by Crippen LogP contribution is -2.37. The Morgan fingerprint density at radius 2 is 2.40 bits per heavy atom. The maximum absolute atomic E-state index is 10.9. The van der Waals surface area contributed by atoms with Gasteiger partial charge in [0, 0.05) is 6.54 Å². The van der Waals surface area contributed by atoms with E-state index in [0.29, 0.717) is 12.4 Å². The Kier molecular flexibility index (Phi) is 1.61. The smallest absolute Gasteiger partial charge is 0.345 e. The summed E-state index contributed by atoms with van der Waals surface area (Å²) >= 11 is 0. The third-order valence-corrected chi connectivity index (χ3v) is 1.71. The quantitative estimate of drug-likeness (QED) is 0.566. The number of likely N-dealkylation sites (N-methyl/N-ethyl adjacent to an activating group) is 1. The number of urea groups is 1. The van der Waals surface area contributed by atoms with Crippen LogP contribution in [0.2, 0.25) is 0 Å². The van der Waals surface area contributed by atoms with E-state index >= 15 is 0 Å². The van der Waals surface area contributed by atoms with E-state index in [2.05, 4.69) is 4.99 Å². The van der Waals surface area contributed by atoms with E-state index in [1.54, 1.807) is 4.90 Å². The number of rotatable bonds is 1. The molecule has 56 valence electrons. The van der Waals surface area contributed by atoms with Crippen LogP contribution in [0.1, 0.15) is 13.8 Å². The molecule has 0 spiro atoms. The minimum absolute atomic E-state index is 0.0162. The van der Waals surface area contributed by atoms with E-state index in [-0.39, 0.29) is 12.1 Å². The molecule has 2 amide bonds. The molecule has 10 heavy (non-hydrogen) atoms. The van der Waals surface area contributed by atoms with Crippen LogP contribution in [0.3, 0.4) is 0 Å². The molecule has 0 bridgehead atoms. The second-order valence-corrected chi connectivity index (χ2v) is 2.28. The Bertz CT molecular complexity index is 187. The van der Waals surface area contributed by atoms with Crippen molar-refractivity contribution in [3.8, 4) is 0 Å². The van der Waals surface area contributed by atoms with Crippen LogP contribution in [0.4, 0.5) is 4.79 Å². The molecule has 0 fully saturated rings. The highest BCUT2D eigenvalue weighted by Crippen LogP contribution is 2.08. The largest absolute Gasteiger partial charge is 0.385 e. The average Bonchev–Trinajstić information content (AvgIpc) is 2.09. The van der Waals surface area contributed by atoms with Crippen LogP contribution in [0.25, 0.3) is 0 Å². The predicted molar refractivity (Wildman–Crippen MR) is 38.9 cm³/mol. The number of carbonyl (C=O) groups is 1. The van der Waals surface area contributed by atoms with Gasteiger partial charge in [0.25, 0.3) is 0 Å². The Morgan fingerprint density at radius 3 is 2.60 bits per heavy atom. The lowest BCUT2D eigenvalue weighted by molar-refractivity contribution is 0.212. The number of nitrogens with zero attached hydrogens (tertiary/aromatic N) is 2. The summed E-state index contributed by atoms with van der Waals surface area (Å²) in [6.45, 7) is 4.44. The molecule has 1 rings (SSSR count). The van der Waals surface area contributed by atoms with E-state index < -0.39 is 0 Å². The van der Waals surface area contributed by atoms with Crippen molar-refractivity contribution in [1.29, 1.82) is 0 Å². The van der Waals surface area contributed by atoms with E-state index in [1.807, 2.05) is 13.8 Å². The van der Waals surface area contributed by atoms with Crippen molar-refractivity contribution in [2.45, 2.75) is 19.9 Å². The number of hydrogen-bond acceptors (Lipinski definition) is 2. The Hall–Kier alpha value is -1.06. The SMILES string of the molecule is CCN1C(=O)N=C(N)C1C. The van der Waals surface area contributed by atoms with Gasteiger partial charge in [-0.2, -0.15) is 4.99 Å². The first-order chi connectivity index (χ1) is 4.66. The molecule has 4 heteroatoms. The number of carbonyl (C=O) groups excluding carboxylic acids is 1. The molecule has 0 radical (unpaired) electrons. The first-order valence-electron chi connectivity index (χ1n) is 3.31. The van der Waals surface area contributed by atoms with Gasteiger partial charge in [-0.3, -0.25) is 0 Å². The van der Waals surface area contributed by atoms with Gasteiger partial charge in [0.15, 0.2) is 0 Å². The van der Waals surface area contributed by atoms with E-state index in [1.165, 1.54) is 0 Å². The zero-order valence-corrected chi connectivity index (χ0v) is 6.16. The lowest BCUT2D eigenvalue weighted by Gasteiger charge is -2.17. The summed E-state index contributed by atoms with van der Waals surface area (Å²) in [5.41, 5.74) is 5.42. The van der Waals surface area contributed by atoms with Crippen LogP contribution in [0.15, 0.2) is 4.99 Å². The van der Waals surface area contributed by atoms with E-state index in [9.17, 15) is 4.79 Å². The number of amidine groups is 1. The van der Waals surface area contributed by atoms with Crippen molar-refractivity contribution >= 4 is 11.9 Å². The fraction of sp³-hybridized carbons (Fsp3) is 0.667. The lowest BCUT2D eigenvalue weighted by atomic mass is 10.3. The third kappa shape index (κ3) is 0.853. The van der Waals surface area contributed by atoms with Gasteiger partial charge in [-0.05, 0) is 13.8 Å². The number of aliphatic imine (C=N–C) groups is 1. The van der Waals surface area contributed by atoms with Crippen LogP contribution >= 0.6 is 0 Å². The van der Waals surface area contributed by atoms with Gasteiger partial charge < -0.3 is 10.6 Å². The third-order valence-electron chi connectivity index (χ3n) is 1.71. The predicted octanol–water partition coefficient (Wildman–Crippen LogP) is 0.188. The molecule has 4 nitrogen and oxygen atoms in total.